The van der Waals surface area contributed by atoms with Gasteiger partial charge in [0.25, 0.3) is 5.91 Å². The van der Waals surface area contributed by atoms with E-state index < -0.39 is 6.04 Å². The molecule has 0 radical (unpaired) electrons. The van der Waals surface area contributed by atoms with Crippen molar-refractivity contribution in [2.24, 2.45) is 0 Å². The first-order valence-electron chi connectivity index (χ1n) is 8.13. The van der Waals surface area contributed by atoms with Gasteiger partial charge in [-0.2, -0.15) is 0 Å². The molecule has 1 aliphatic rings. The van der Waals surface area contributed by atoms with Crippen molar-refractivity contribution in [1.82, 2.24) is 4.90 Å². The Balaban J connectivity index is 1.97. The quantitative estimate of drug-likeness (QED) is 0.735. The monoisotopic (exact) mass is 335 g/mol. The third-order valence-electron chi connectivity index (χ3n) is 4.52. The summed E-state index contributed by atoms with van der Waals surface area (Å²) in [6.07, 6.45) is 0. The zero-order chi connectivity index (χ0) is 17.4. The van der Waals surface area contributed by atoms with Crippen molar-refractivity contribution >= 4 is 16.9 Å². The van der Waals surface area contributed by atoms with Crippen molar-refractivity contribution in [1.29, 1.82) is 0 Å². The second kappa shape index (κ2) is 6.18. The molecule has 0 N–H and O–H groups in total. The van der Waals surface area contributed by atoms with Gasteiger partial charge < -0.3 is 14.1 Å². The summed E-state index contributed by atoms with van der Waals surface area (Å²) in [6, 6.07) is 16.1. The summed E-state index contributed by atoms with van der Waals surface area (Å²) >= 11 is 0. The summed E-state index contributed by atoms with van der Waals surface area (Å²) in [4.78, 5) is 27.7. The van der Waals surface area contributed by atoms with E-state index in [2.05, 4.69) is 0 Å². The number of hydrogen-bond acceptors (Lipinski definition) is 4. The van der Waals surface area contributed by atoms with Gasteiger partial charge in [0.15, 0.2) is 5.43 Å². The molecule has 1 aliphatic heterocycles. The molecule has 3 aromatic rings. The van der Waals surface area contributed by atoms with Gasteiger partial charge in [-0.3, -0.25) is 9.59 Å². The first-order valence-corrected chi connectivity index (χ1v) is 8.13. The Labute approximate surface area is 144 Å². The van der Waals surface area contributed by atoms with E-state index in [1.165, 1.54) is 0 Å². The smallest absolute Gasteiger partial charge is 0.290 e. The van der Waals surface area contributed by atoms with Crippen LogP contribution in [-0.4, -0.2) is 31.1 Å². The van der Waals surface area contributed by atoms with Gasteiger partial charge in [0.05, 0.1) is 23.6 Å². The van der Waals surface area contributed by atoms with Crippen LogP contribution in [0.1, 0.15) is 27.7 Å². The number of rotatable bonds is 4. The van der Waals surface area contributed by atoms with Gasteiger partial charge >= 0.3 is 0 Å². The average molecular weight is 335 g/mol. The summed E-state index contributed by atoms with van der Waals surface area (Å²) in [6.45, 7) is 0.769. The van der Waals surface area contributed by atoms with Crippen molar-refractivity contribution in [3.8, 4) is 0 Å². The van der Waals surface area contributed by atoms with E-state index in [0.717, 1.165) is 5.56 Å². The summed E-state index contributed by atoms with van der Waals surface area (Å²) in [5.74, 6) is -0.141. The minimum absolute atomic E-state index is 0.133. The molecule has 0 fully saturated rings. The Hall–Kier alpha value is -2.92. The van der Waals surface area contributed by atoms with E-state index in [-0.39, 0.29) is 17.1 Å². The SMILES string of the molecule is COCCN1C(=O)c2oc3ccccc3c(=O)c2C1c1ccccc1. The fourth-order valence-corrected chi connectivity index (χ4v) is 3.37. The number of benzene rings is 2. The van der Waals surface area contributed by atoms with Crippen molar-refractivity contribution in [2.75, 3.05) is 20.3 Å². The number of amides is 1. The van der Waals surface area contributed by atoms with E-state index in [4.69, 9.17) is 9.15 Å². The third-order valence-corrected chi connectivity index (χ3v) is 4.52. The highest BCUT2D eigenvalue weighted by molar-refractivity contribution is 5.99. The number of carbonyl (C=O) groups is 1. The number of nitrogens with zero attached hydrogens (tertiary/aromatic N) is 1. The zero-order valence-corrected chi connectivity index (χ0v) is 13.8. The van der Waals surface area contributed by atoms with Crippen LogP contribution in [-0.2, 0) is 4.74 Å². The van der Waals surface area contributed by atoms with Crippen molar-refractivity contribution in [2.45, 2.75) is 6.04 Å². The molecule has 1 atom stereocenters. The van der Waals surface area contributed by atoms with E-state index in [1.54, 1.807) is 36.3 Å². The molecule has 5 nitrogen and oxygen atoms in total. The van der Waals surface area contributed by atoms with E-state index in [1.807, 2.05) is 30.3 Å². The number of ether oxygens (including phenoxy) is 1. The molecule has 0 saturated heterocycles. The van der Waals surface area contributed by atoms with Crippen LogP contribution in [0.3, 0.4) is 0 Å². The van der Waals surface area contributed by atoms with Gasteiger partial charge in [0.2, 0.25) is 5.76 Å². The Morgan fingerprint density at radius 3 is 2.52 bits per heavy atom. The number of fused-ring (bicyclic) bond motifs is 2. The van der Waals surface area contributed by atoms with Crippen LogP contribution in [0.25, 0.3) is 11.0 Å². The topological polar surface area (TPSA) is 59.8 Å². The second-order valence-electron chi connectivity index (χ2n) is 5.97. The molecule has 2 aromatic carbocycles. The van der Waals surface area contributed by atoms with Crippen LogP contribution in [0.15, 0.2) is 63.8 Å². The van der Waals surface area contributed by atoms with Crippen LogP contribution in [0.2, 0.25) is 0 Å². The first-order chi connectivity index (χ1) is 12.2. The molecule has 126 valence electrons. The molecule has 0 saturated carbocycles. The molecular weight excluding hydrogens is 318 g/mol. The molecule has 0 aliphatic carbocycles. The molecule has 0 bridgehead atoms. The lowest BCUT2D eigenvalue weighted by atomic mass is 9.98. The van der Waals surface area contributed by atoms with Gasteiger partial charge in [0.1, 0.15) is 5.58 Å². The van der Waals surface area contributed by atoms with Crippen molar-refractivity contribution in [3.63, 3.8) is 0 Å². The average Bonchev–Trinajstić information content (AvgIpc) is 2.93. The Morgan fingerprint density at radius 1 is 1.04 bits per heavy atom. The van der Waals surface area contributed by atoms with Crippen LogP contribution < -0.4 is 5.43 Å². The summed E-state index contributed by atoms with van der Waals surface area (Å²) < 4.78 is 11.0. The second-order valence-corrected chi connectivity index (χ2v) is 5.97. The van der Waals surface area contributed by atoms with Crippen LogP contribution in [0, 0.1) is 0 Å². The van der Waals surface area contributed by atoms with Crippen molar-refractivity contribution < 1.29 is 13.9 Å². The van der Waals surface area contributed by atoms with Crippen LogP contribution in [0.5, 0.6) is 0 Å². The van der Waals surface area contributed by atoms with Gasteiger partial charge in [0, 0.05) is 13.7 Å². The normalized spacial score (nSPS) is 16.4. The van der Waals surface area contributed by atoms with E-state index in [0.29, 0.717) is 29.7 Å². The predicted molar refractivity (Wildman–Crippen MR) is 93.7 cm³/mol. The minimum Gasteiger partial charge on any atom is -0.450 e. The fourth-order valence-electron chi connectivity index (χ4n) is 3.37. The molecule has 1 amide bonds. The van der Waals surface area contributed by atoms with Crippen LogP contribution in [0.4, 0.5) is 0 Å². The predicted octanol–water partition coefficient (Wildman–Crippen LogP) is 2.98. The molecule has 5 heteroatoms. The van der Waals surface area contributed by atoms with E-state index in [9.17, 15) is 9.59 Å². The minimum atomic E-state index is -0.459. The Morgan fingerprint density at radius 2 is 1.76 bits per heavy atom. The third kappa shape index (κ3) is 2.44. The fraction of sp³-hybridized carbons (Fsp3) is 0.200. The highest BCUT2D eigenvalue weighted by atomic mass is 16.5. The largest absolute Gasteiger partial charge is 0.450 e. The number of hydrogen-bond donors (Lipinski definition) is 0. The molecule has 1 aromatic heterocycles. The molecular formula is C20H17NO4. The number of para-hydroxylation sites is 1. The lowest BCUT2D eigenvalue weighted by molar-refractivity contribution is 0.0663. The van der Waals surface area contributed by atoms with Gasteiger partial charge in [-0.1, -0.05) is 42.5 Å². The van der Waals surface area contributed by atoms with Crippen molar-refractivity contribution in [3.05, 3.63) is 81.7 Å². The maximum absolute atomic E-state index is 13.1. The number of methoxy groups -OCH3 is 1. The molecule has 1 unspecified atom stereocenters. The van der Waals surface area contributed by atoms with E-state index >= 15 is 0 Å². The summed E-state index contributed by atoms with van der Waals surface area (Å²) in [7, 11) is 1.59. The lowest BCUT2D eigenvalue weighted by Gasteiger charge is -2.24. The highest BCUT2D eigenvalue weighted by Gasteiger charge is 2.42. The van der Waals surface area contributed by atoms with Crippen LogP contribution >= 0.6 is 0 Å². The maximum atomic E-state index is 13.1. The molecule has 0 spiro atoms. The highest BCUT2D eigenvalue weighted by Crippen LogP contribution is 2.37. The van der Waals surface area contributed by atoms with Gasteiger partial charge in [-0.05, 0) is 17.7 Å². The summed E-state index contributed by atoms with van der Waals surface area (Å²) in [5, 5.41) is 0.489. The lowest BCUT2D eigenvalue weighted by Crippen LogP contribution is -2.32. The van der Waals surface area contributed by atoms with Gasteiger partial charge in [-0.15, -0.1) is 0 Å². The summed E-state index contributed by atoms with van der Waals surface area (Å²) in [5.41, 5.74) is 1.57. The Bertz CT molecular complexity index is 993. The molecule has 25 heavy (non-hydrogen) atoms. The maximum Gasteiger partial charge on any atom is 0.290 e. The standard InChI is InChI=1S/C20H17NO4/c1-24-12-11-21-17(13-7-3-2-4-8-13)16-18(22)14-9-5-6-10-15(14)25-19(16)20(21)23/h2-10,17H,11-12H2,1H3. The zero-order valence-electron chi connectivity index (χ0n) is 13.8. The first kappa shape index (κ1) is 15.6. The molecule has 2 heterocycles. The number of carbonyl (C=O) groups excluding carboxylic acids is 1. The molecule has 4 rings (SSSR count). The Kier molecular flexibility index (Phi) is 3.86. The van der Waals surface area contributed by atoms with Gasteiger partial charge in [-0.25, -0.2) is 0 Å².